The van der Waals surface area contributed by atoms with Crippen molar-refractivity contribution in [3.63, 3.8) is 0 Å². The van der Waals surface area contributed by atoms with Gasteiger partial charge in [-0.25, -0.2) is 0 Å². The second-order valence-corrected chi connectivity index (χ2v) is 10.5. The van der Waals surface area contributed by atoms with E-state index < -0.39 is 0 Å². The van der Waals surface area contributed by atoms with E-state index in [4.69, 9.17) is 4.74 Å². The van der Waals surface area contributed by atoms with Crippen molar-refractivity contribution < 1.29 is 19.4 Å². The summed E-state index contributed by atoms with van der Waals surface area (Å²) in [6.07, 6.45) is 9.99. The third kappa shape index (κ3) is 3.07. The highest BCUT2D eigenvalue weighted by Crippen LogP contribution is 2.67. The molecule has 4 aliphatic rings. The number of carbonyl (C=O) groups excluding carboxylic acids is 2. The number of fused-ring (bicyclic) bond motifs is 5. The van der Waals surface area contributed by atoms with Crippen molar-refractivity contribution in [1.82, 2.24) is 0 Å². The lowest BCUT2D eigenvalue weighted by molar-refractivity contribution is -0.151. The van der Waals surface area contributed by atoms with Gasteiger partial charge >= 0.3 is 5.97 Å². The Kier molecular flexibility index (Phi) is 4.93. The zero-order chi connectivity index (χ0) is 19.4. The van der Waals surface area contributed by atoms with Gasteiger partial charge in [-0.05, 0) is 92.3 Å². The Labute approximate surface area is 163 Å². The molecule has 0 amide bonds. The fourth-order valence-electron chi connectivity index (χ4n) is 8.04. The van der Waals surface area contributed by atoms with Crippen molar-refractivity contribution >= 4 is 11.8 Å². The number of hydrogen-bond acceptors (Lipinski definition) is 4. The molecule has 0 aromatic carbocycles. The van der Waals surface area contributed by atoms with E-state index in [2.05, 4.69) is 13.8 Å². The summed E-state index contributed by atoms with van der Waals surface area (Å²) in [5.74, 6) is 2.62. The quantitative estimate of drug-likeness (QED) is 0.752. The van der Waals surface area contributed by atoms with Crippen molar-refractivity contribution in [3.05, 3.63) is 0 Å². The van der Waals surface area contributed by atoms with E-state index in [9.17, 15) is 14.7 Å². The summed E-state index contributed by atoms with van der Waals surface area (Å²) in [7, 11) is 0. The van der Waals surface area contributed by atoms with Gasteiger partial charge in [-0.1, -0.05) is 13.8 Å². The molecule has 4 saturated carbocycles. The van der Waals surface area contributed by atoms with Crippen molar-refractivity contribution in [2.45, 2.75) is 84.7 Å². The number of hydrogen-bond donors (Lipinski definition) is 1. The van der Waals surface area contributed by atoms with Crippen LogP contribution in [0, 0.1) is 40.4 Å². The lowest BCUT2D eigenvalue weighted by atomic mass is 9.44. The van der Waals surface area contributed by atoms with Crippen LogP contribution in [0.2, 0.25) is 0 Å². The predicted octanol–water partition coefficient (Wildman–Crippen LogP) is 4.14. The summed E-state index contributed by atoms with van der Waals surface area (Å²) >= 11 is 0. The van der Waals surface area contributed by atoms with Crippen LogP contribution in [0.3, 0.4) is 0 Å². The Morgan fingerprint density at radius 3 is 2.41 bits per heavy atom. The van der Waals surface area contributed by atoms with Crippen LogP contribution in [0.25, 0.3) is 0 Å². The number of aliphatic hydroxyl groups excluding tert-OH is 1. The Balaban J connectivity index is 1.52. The summed E-state index contributed by atoms with van der Waals surface area (Å²) in [6.45, 7) is 6.17. The molecule has 0 aromatic heterocycles. The predicted molar refractivity (Wildman–Crippen MR) is 103 cm³/mol. The lowest BCUT2D eigenvalue weighted by Crippen LogP contribution is -2.54. The van der Waals surface area contributed by atoms with Gasteiger partial charge in [-0.15, -0.1) is 0 Å². The number of rotatable bonds is 3. The molecule has 0 heterocycles. The third-order valence-corrected chi connectivity index (χ3v) is 9.44. The average Bonchev–Trinajstić information content (AvgIpc) is 2.97. The highest BCUT2D eigenvalue weighted by Gasteiger charge is 2.61. The molecule has 0 bridgehead atoms. The van der Waals surface area contributed by atoms with Crippen LogP contribution in [0.4, 0.5) is 0 Å². The third-order valence-electron chi connectivity index (χ3n) is 9.44. The Hall–Kier alpha value is -0.900. The first-order chi connectivity index (χ1) is 12.8. The number of ketones is 1. The van der Waals surface area contributed by atoms with Crippen molar-refractivity contribution in [2.24, 2.45) is 40.4 Å². The van der Waals surface area contributed by atoms with Crippen LogP contribution in [0.15, 0.2) is 0 Å². The van der Waals surface area contributed by atoms with Gasteiger partial charge < -0.3 is 9.84 Å². The Morgan fingerprint density at radius 2 is 1.67 bits per heavy atom. The normalized spacial score (nSPS) is 48.9. The second-order valence-electron chi connectivity index (χ2n) is 10.5. The van der Waals surface area contributed by atoms with Crippen molar-refractivity contribution in [3.8, 4) is 0 Å². The average molecular weight is 377 g/mol. The minimum Gasteiger partial charge on any atom is -0.458 e. The molecule has 0 aliphatic heterocycles. The van der Waals surface area contributed by atoms with Crippen LogP contribution in [0.1, 0.15) is 78.6 Å². The molecule has 0 saturated heterocycles. The molecule has 0 unspecified atom stereocenters. The maximum atomic E-state index is 12.8. The molecule has 4 rings (SSSR count). The minimum atomic E-state index is -0.363. The van der Waals surface area contributed by atoms with Gasteiger partial charge in [0.25, 0.3) is 0 Å². The van der Waals surface area contributed by atoms with Gasteiger partial charge in [0.1, 0.15) is 6.61 Å². The maximum Gasteiger partial charge on any atom is 0.303 e. The molecule has 4 fully saturated rings. The first kappa shape index (κ1) is 19.4. The van der Waals surface area contributed by atoms with Crippen molar-refractivity contribution in [1.29, 1.82) is 0 Å². The first-order valence-corrected chi connectivity index (χ1v) is 11.1. The number of ether oxygens (including phenoxy) is 1. The second kappa shape index (κ2) is 6.86. The van der Waals surface area contributed by atoms with Crippen LogP contribution in [0.5, 0.6) is 0 Å². The highest BCUT2D eigenvalue weighted by molar-refractivity contribution is 5.85. The fraction of sp³-hybridized carbons (Fsp3) is 0.913. The summed E-state index contributed by atoms with van der Waals surface area (Å²) in [4.78, 5) is 23.9. The van der Waals surface area contributed by atoms with E-state index in [1.807, 2.05) is 0 Å². The molecule has 27 heavy (non-hydrogen) atoms. The molecule has 0 spiro atoms. The molecule has 8 atom stereocenters. The van der Waals surface area contributed by atoms with Gasteiger partial charge in [0, 0.05) is 12.8 Å². The summed E-state index contributed by atoms with van der Waals surface area (Å²) in [5, 5.41) is 10.2. The summed E-state index contributed by atoms with van der Waals surface area (Å²) in [5.41, 5.74) is 0.457. The Morgan fingerprint density at radius 1 is 0.963 bits per heavy atom. The van der Waals surface area contributed by atoms with Crippen LogP contribution in [-0.4, -0.2) is 29.6 Å². The maximum absolute atomic E-state index is 12.8. The van der Waals surface area contributed by atoms with Crippen molar-refractivity contribution in [2.75, 3.05) is 6.61 Å². The summed E-state index contributed by atoms with van der Waals surface area (Å²) < 4.78 is 5.03. The van der Waals surface area contributed by atoms with Gasteiger partial charge in [0.2, 0.25) is 0 Å². The van der Waals surface area contributed by atoms with Crippen LogP contribution < -0.4 is 0 Å². The first-order valence-electron chi connectivity index (χ1n) is 11.1. The molecule has 152 valence electrons. The highest BCUT2D eigenvalue weighted by atomic mass is 16.5. The molecule has 4 heteroatoms. The minimum absolute atomic E-state index is 0.0475. The molecule has 0 aromatic rings. The molecular weight excluding hydrogens is 340 g/mol. The molecule has 4 nitrogen and oxygen atoms in total. The van der Waals surface area contributed by atoms with E-state index in [0.717, 1.165) is 50.4 Å². The number of aliphatic hydroxyl groups is 1. The zero-order valence-corrected chi connectivity index (χ0v) is 17.2. The van der Waals surface area contributed by atoms with Gasteiger partial charge in [-0.2, -0.15) is 0 Å². The Bertz CT molecular complexity index is 615. The number of Topliss-reactive ketones (excluding diaryl/α,β-unsaturated/α-hetero) is 1. The van der Waals surface area contributed by atoms with Crippen LogP contribution in [-0.2, 0) is 14.3 Å². The van der Waals surface area contributed by atoms with E-state index in [-0.39, 0.29) is 35.8 Å². The van der Waals surface area contributed by atoms with E-state index in [0.29, 0.717) is 17.3 Å². The topological polar surface area (TPSA) is 63.6 Å². The van der Waals surface area contributed by atoms with Crippen LogP contribution >= 0.6 is 0 Å². The molecule has 1 N–H and O–H groups in total. The zero-order valence-electron chi connectivity index (χ0n) is 17.2. The van der Waals surface area contributed by atoms with Gasteiger partial charge in [-0.3, -0.25) is 9.59 Å². The molecule has 4 aliphatic carbocycles. The standard InChI is InChI=1S/C23H36O4/c1-14(24)27-13-21(26)20-7-6-18-17-5-4-15-12-16(25)8-10-22(15,2)19(17)9-11-23(18,20)3/h15-20,25H,4-13H2,1-3H3/t15-,16-,17+,18+,19+,20-,22+,23+/m1/s1. The number of esters is 1. The molecular formula is C23H36O4. The lowest BCUT2D eigenvalue weighted by Gasteiger charge is -2.60. The van der Waals surface area contributed by atoms with E-state index >= 15 is 0 Å². The SMILES string of the molecule is CC(=O)OCC(=O)[C@H]1CC[C@H]2[C@@H]3CC[C@@H]4C[C@H](O)CC[C@]4(C)[C@H]3CC[C@]12C. The monoisotopic (exact) mass is 376 g/mol. The fourth-order valence-corrected chi connectivity index (χ4v) is 8.04. The van der Waals surface area contributed by atoms with E-state index in [1.165, 1.54) is 26.2 Å². The largest absolute Gasteiger partial charge is 0.458 e. The van der Waals surface area contributed by atoms with Gasteiger partial charge in [0.05, 0.1) is 6.10 Å². The summed E-state index contributed by atoms with van der Waals surface area (Å²) in [6, 6.07) is 0. The molecule has 0 radical (unpaired) electrons. The number of carbonyl (C=O) groups is 2. The smallest absolute Gasteiger partial charge is 0.303 e. The van der Waals surface area contributed by atoms with E-state index in [1.54, 1.807) is 0 Å². The van der Waals surface area contributed by atoms with Gasteiger partial charge in [0.15, 0.2) is 5.78 Å².